The molecule has 3 rings (SSSR count). The highest BCUT2D eigenvalue weighted by atomic mass is 35.5. The molecule has 2 atom stereocenters. The molecule has 2 amide bonds. The Kier molecular flexibility index (Phi) is 6.64. The molecule has 6 nitrogen and oxygen atoms in total. The van der Waals surface area contributed by atoms with Crippen LogP contribution in [0.15, 0.2) is 36.4 Å². The van der Waals surface area contributed by atoms with Crippen molar-refractivity contribution in [2.24, 2.45) is 0 Å². The second kappa shape index (κ2) is 9.18. The summed E-state index contributed by atoms with van der Waals surface area (Å²) in [7, 11) is 0. The zero-order valence-corrected chi connectivity index (χ0v) is 17.5. The van der Waals surface area contributed by atoms with Crippen molar-refractivity contribution in [3.63, 3.8) is 0 Å². The molecule has 0 fully saturated rings. The molecule has 0 aliphatic carbocycles. The van der Waals surface area contributed by atoms with Crippen LogP contribution < -0.4 is 20.1 Å². The van der Waals surface area contributed by atoms with Gasteiger partial charge < -0.3 is 20.1 Å². The smallest absolute Gasteiger partial charge is 0.253 e. The van der Waals surface area contributed by atoms with Crippen LogP contribution in [0.1, 0.15) is 42.3 Å². The van der Waals surface area contributed by atoms with Gasteiger partial charge in [0, 0.05) is 24.1 Å². The van der Waals surface area contributed by atoms with Crippen LogP contribution in [0.25, 0.3) is 0 Å². The molecule has 1 aliphatic rings. The number of carbonyl (C=O) groups is 2. The number of ether oxygens (including phenoxy) is 2. The van der Waals surface area contributed by atoms with Crippen LogP contribution in [-0.4, -0.2) is 30.6 Å². The average Bonchev–Trinajstić information content (AvgIpc) is 3.05. The van der Waals surface area contributed by atoms with E-state index in [9.17, 15) is 9.59 Å². The molecule has 0 unspecified atom stereocenters. The van der Waals surface area contributed by atoms with Gasteiger partial charge in [-0.05, 0) is 45.0 Å². The van der Waals surface area contributed by atoms with Crippen molar-refractivity contribution in [3.8, 4) is 11.5 Å². The molecule has 0 radical (unpaired) electrons. The third-order valence-corrected chi connectivity index (χ3v) is 5.02. The quantitative estimate of drug-likeness (QED) is 0.724. The second-order valence-electron chi connectivity index (χ2n) is 7.03. The molecule has 1 aliphatic heterocycles. The fourth-order valence-corrected chi connectivity index (χ4v) is 3.45. The lowest BCUT2D eigenvalue weighted by molar-refractivity contribution is -0.122. The summed E-state index contributed by atoms with van der Waals surface area (Å²) < 4.78 is 11.5. The maximum atomic E-state index is 12.5. The summed E-state index contributed by atoms with van der Waals surface area (Å²) in [5.41, 5.74) is 2.27. The van der Waals surface area contributed by atoms with Gasteiger partial charge in [-0.3, -0.25) is 9.59 Å². The van der Waals surface area contributed by atoms with Gasteiger partial charge in [-0.2, -0.15) is 0 Å². The predicted molar refractivity (Wildman–Crippen MR) is 112 cm³/mol. The first-order valence-corrected chi connectivity index (χ1v) is 10.0. The Labute approximate surface area is 175 Å². The van der Waals surface area contributed by atoms with E-state index < -0.39 is 11.9 Å². The number of hydrogen-bond donors (Lipinski definition) is 2. The van der Waals surface area contributed by atoms with E-state index >= 15 is 0 Å². The van der Waals surface area contributed by atoms with Crippen LogP contribution in [-0.2, 0) is 17.8 Å². The van der Waals surface area contributed by atoms with Crippen LogP contribution in [0, 0.1) is 0 Å². The fraction of sp³-hybridized carbons (Fsp3) is 0.364. The molecule has 2 aromatic rings. The molecule has 0 bridgehead atoms. The number of fused-ring (bicyclic) bond motifs is 1. The number of carbonyl (C=O) groups excluding carboxylic acids is 2. The first-order valence-electron chi connectivity index (χ1n) is 9.67. The van der Waals surface area contributed by atoms with Crippen LogP contribution >= 0.6 is 11.6 Å². The number of benzene rings is 2. The highest BCUT2D eigenvalue weighted by Gasteiger charge is 2.23. The Morgan fingerprint density at radius 2 is 2.07 bits per heavy atom. The van der Waals surface area contributed by atoms with Gasteiger partial charge in [-0.25, -0.2) is 0 Å². The maximum absolute atomic E-state index is 12.5. The number of hydrogen-bond acceptors (Lipinski definition) is 4. The van der Waals surface area contributed by atoms with Gasteiger partial charge in [-0.15, -0.1) is 0 Å². The van der Waals surface area contributed by atoms with Crippen molar-refractivity contribution in [2.75, 3.05) is 6.61 Å². The topological polar surface area (TPSA) is 76.7 Å². The Morgan fingerprint density at radius 3 is 2.79 bits per heavy atom. The van der Waals surface area contributed by atoms with E-state index in [0.29, 0.717) is 17.2 Å². The standard InChI is InChI=1S/C22H25ClN2O4/c1-4-28-19-10-15-9-13(2)29-20(15)11-16(19)12-24-21(26)14(3)25-22(27)17-7-5-6-8-18(17)23/h5-8,10-11,13-14H,4,9,12H2,1-3H3,(H,24,26)(H,25,27)/t13-,14+/m1/s1. The van der Waals surface area contributed by atoms with Crippen molar-refractivity contribution in [1.29, 1.82) is 0 Å². The van der Waals surface area contributed by atoms with Gasteiger partial charge >= 0.3 is 0 Å². The van der Waals surface area contributed by atoms with Gasteiger partial charge in [0.2, 0.25) is 5.91 Å². The van der Waals surface area contributed by atoms with Crippen molar-refractivity contribution < 1.29 is 19.1 Å². The SMILES string of the molecule is CCOc1cc2c(cc1CNC(=O)[C@H](C)NC(=O)c1ccccc1Cl)O[C@H](C)C2. The molecule has 0 aromatic heterocycles. The third kappa shape index (κ3) is 5.01. The zero-order valence-electron chi connectivity index (χ0n) is 16.8. The number of halogens is 1. The van der Waals surface area contributed by atoms with Gasteiger partial charge in [0.15, 0.2) is 0 Å². The fourth-order valence-electron chi connectivity index (χ4n) is 3.23. The van der Waals surface area contributed by atoms with Crippen molar-refractivity contribution >= 4 is 23.4 Å². The Morgan fingerprint density at radius 1 is 1.31 bits per heavy atom. The van der Waals surface area contributed by atoms with Crippen LogP contribution in [0.4, 0.5) is 0 Å². The van der Waals surface area contributed by atoms with E-state index in [4.69, 9.17) is 21.1 Å². The van der Waals surface area contributed by atoms with Gasteiger partial charge in [0.05, 0.1) is 17.2 Å². The number of rotatable bonds is 7. The molecular formula is C22H25ClN2O4. The number of nitrogens with one attached hydrogen (secondary N) is 2. The second-order valence-corrected chi connectivity index (χ2v) is 7.43. The lowest BCUT2D eigenvalue weighted by Crippen LogP contribution is -2.44. The molecular weight excluding hydrogens is 392 g/mol. The Balaban J connectivity index is 1.63. The monoisotopic (exact) mass is 416 g/mol. The lowest BCUT2D eigenvalue weighted by Gasteiger charge is -2.17. The number of amides is 2. The summed E-state index contributed by atoms with van der Waals surface area (Å²) in [5, 5.41) is 5.86. The van der Waals surface area contributed by atoms with Crippen molar-refractivity contribution in [1.82, 2.24) is 10.6 Å². The predicted octanol–water partition coefficient (Wildman–Crippen LogP) is 3.50. The summed E-state index contributed by atoms with van der Waals surface area (Å²) in [6.07, 6.45) is 0.969. The van der Waals surface area contributed by atoms with Crippen LogP contribution in [0.5, 0.6) is 11.5 Å². The highest BCUT2D eigenvalue weighted by Crippen LogP contribution is 2.35. The van der Waals surface area contributed by atoms with Gasteiger partial charge in [0.25, 0.3) is 5.91 Å². The minimum absolute atomic E-state index is 0.129. The van der Waals surface area contributed by atoms with Gasteiger partial charge in [0.1, 0.15) is 23.6 Å². The third-order valence-electron chi connectivity index (χ3n) is 4.69. The van der Waals surface area contributed by atoms with Crippen molar-refractivity contribution in [3.05, 3.63) is 58.1 Å². The van der Waals surface area contributed by atoms with E-state index in [-0.39, 0.29) is 18.6 Å². The van der Waals surface area contributed by atoms with E-state index in [1.165, 1.54) is 0 Å². The summed E-state index contributed by atoms with van der Waals surface area (Å²) >= 11 is 6.04. The summed E-state index contributed by atoms with van der Waals surface area (Å²) in [4.78, 5) is 24.8. The minimum Gasteiger partial charge on any atom is -0.494 e. The molecule has 154 valence electrons. The normalized spacial score (nSPS) is 15.8. The van der Waals surface area contributed by atoms with Crippen LogP contribution in [0.3, 0.4) is 0 Å². The molecule has 0 spiro atoms. The highest BCUT2D eigenvalue weighted by molar-refractivity contribution is 6.33. The van der Waals surface area contributed by atoms with Gasteiger partial charge in [-0.1, -0.05) is 23.7 Å². The minimum atomic E-state index is -0.722. The van der Waals surface area contributed by atoms with E-state index in [0.717, 1.165) is 29.0 Å². The molecule has 0 saturated heterocycles. The first kappa shape index (κ1) is 21.0. The Hall–Kier alpha value is -2.73. The summed E-state index contributed by atoms with van der Waals surface area (Å²) in [6.45, 7) is 6.36. The summed E-state index contributed by atoms with van der Waals surface area (Å²) in [6, 6.07) is 9.88. The molecule has 2 N–H and O–H groups in total. The molecule has 2 aromatic carbocycles. The zero-order chi connectivity index (χ0) is 21.0. The summed E-state index contributed by atoms with van der Waals surface area (Å²) in [5.74, 6) is 0.859. The van der Waals surface area contributed by atoms with E-state index in [1.54, 1.807) is 31.2 Å². The molecule has 1 heterocycles. The van der Waals surface area contributed by atoms with Crippen molar-refractivity contribution in [2.45, 2.75) is 45.9 Å². The maximum Gasteiger partial charge on any atom is 0.253 e. The molecule has 29 heavy (non-hydrogen) atoms. The van der Waals surface area contributed by atoms with E-state index in [2.05, 4.69) is 10.6 Å². The molecule has 0 saturated carbocycles. The van der Waals surface area contributed by atoms with E-state index in [1.807, 2.05) is 26.0 Å². The largest absolute Gasteiger partial charge is 0.494 e. The average molecular weight is 417 g/mol. The first-order chi connectivity index (χ1) is 13.9. The molecule has 7 heteroatoms. The Bertz CT molecular complexity index is 916. The van der Waals surface area contributed by atoms with Crippen LogP contribution in [0.2, 0.25) is 5.02 Å². The lowest BCUT2D eigenvalue weighted by atomic mass is 10.1.